The van der Waals surface area contributed by atoms with E-state index in [-0.39, 0.29) is 0 Å². The Kier molecular flexibility index (Phi) is 5.00. The summed E-state index contributed by atoms with van der Waals surface area (Å²) in [5.74, 6) is 5.71. The molecule has 0 aliphatic heterocycles. The highest BCUT2D eigenvalue weighted by Crippen LogP contribution is 2.29. The fourth-order valence-corrected chi connectivity index (χ4v) is 2.68. The Morgan fingerprint density at radius 2 is 1.28 bits per heavy atom. The van der Waals surface area contributed by atoms with Crippen LogP contribution in [0.4, 0.5) is 0 Å². The zero-order chi connectivity index (χ0) is 17.7. The summed E-state index contributed by atoms with van der Waals surface area (Å²) in [6, 6.07) is 26.1. The van der Waals surface area contributed by atoms with Gasteiger partial charge in [-0.25, -0.2) is 0 Å². The second-order valence-corrected chi connectivity index (χ2v) is 6.03. The topological polar surface area (TPSA) is 40.5 Å². The van der Waals surface area contributed by atoms with E-state index >= 15 is 0 Å². The first-order valence-corrected chi connectivity index (χ1v) is 8.20. The maximum Gasteiger partial charge on any atom is 0.176 e. The van der Waals surface area contributed by atoms with Gasteiger partial charge < -0.3 is 10.2 Å². The maximum atomic E-state index is 11.4. The standard InChI is InChI=1S/C23H20O2/c1-18-12-14-21(15-13-18)23(25,20-10-6-3-7-11-20)17-16-22(24)19-8-4-2-5-9-19/h2-15,22,24-25H,1H3. The molecule has 0 saturated heterocycles. The van der Waals surface area contributed by atoms with Crippen LogP contribution in [0.1, 0.15) is 28.4 Å². The van der Waals surface area contributed by atoms with Crippen molar-refractivity contribution in [2.24, 2.45) is 0 Å². The third-order valence-electron chi connectivity index (χ3n) is 4.17. The average molecular weight is 328 g/mol. The predicted octanol–water partition coefficient (Wildman–Crippen LogP) is 3.97. The van der Waals surface area contributed by atoms with Crippen LogP contribution in [0.15, 0.2) is 84.9 Å². The normalized spacial score (nSPS) is 14.0. The molecule has 2 N–H and O–H groups in total. The summed E-state index contributed by atoms with van der Waals surface area (Å²) in [5, 5.41) is 21.7. The van der Waals surface area contributed by atoms with E-state index in [9.17, 15) is 10.2 Å². The Hall–Kier alpha value is -2.86. The molecule has 0 aromatic heterocycles. The van der Waals surface area contributed by atoms with E-state index in [1.165, 1.54) is 0 Å². The summed E-state index contributed by atoms with van der Waals surface area (Å²) in [6.07, 6.45) is -0.957. The molecule has 0 radical (unpaired) electrons. The van der Waals surface area contributed by atoms with Gasteiger partial charge in [0, 0.05) is 11.1 Å². The van der Waals surface area contributed by atoms with Crippen molar-refractivity contribution < 1.29 is 10.2 Å². The highest BCUT2D eigenvalue weighted by molar-refractivity contribution is 5.45. The lowest BCUT2D eigenvalue weighted by atomic mass is 9.86. The molecule has 124 valence electrons. The molecule has 0 spiro atoms. The molecule has 2 heteroatoms. The van der Waals surface area contributed by atoms with Gasteiger partial charge in [0.2, 0.25) is 0 Å². The molecule has 0 heterocycles. The van der Waals surface area contributed by atoms with Gasteiger partial charge in [0.25, 0.3) is 0 Å². The number of benzene rings is 3. The third-order valence-corrected chi connectivity index (χ3v) is 4.17. The molecular weight excluding hydrogens is 308 g/mol. The number of aliphatic hydroxyl groups is 2. The second-order valence-electron chi connectivity index (χ2n) is 6.03. The molecule has 3 rings (SSSR count). The van der Waals surface area contributed by atoms with E-state index in [2.05, 4.69) is 11.8 Å². The number of hydrogen-bond donors (Lipinski definition) is 2. The smallest absolute Gasteiger partial charge is 0.176 e. The molecule has 0 fully saturated rings. The van der Waals surface area contributed by atoms with Crippen LogP contribution in [-0.2, 0) is 5.60 Å². The van der Waals surface area contributed by atoms with Gasteiger partial charge in [-0.05, 0) is 12.5 Å². The van der Waals surface area contributed by atoms with Gasteiger partial charge in [-0.15, -0.1) is 0 Å². The van der Waals surface area contributed by atoms with Crippen LogP contribution in [0.3, 0.4) is 0 Å². The van der Waals surface area contributed by atoms with Crippen LogP contribution in [0.2, 0.25) is 0 Å². The molecule has 25 heavy (non-hydrogen) atoms. The molecular formula is C23H20O2. The second kappa shape index (κ2) is 7.36. The van der Waals surface area contributed by atoms with Gasteiger partial charge >= 0.3 is 0 Å². The molecule has 0 saturated carbocycles. The highest BCUT2D eigenvalue weighted by atomic mass is 16.3. The monoisotopic (exact) mass is 328 g/mol. The minimum Gasteiger partial charge on any atom is -0.376 e. The van der Waals surface area contributed by atoms with Gasteiger partial charge in [0.1, 0.15) is 6.10 Å². The predicted molar refractivity (Wildman–Crippen MR) is 99.8 cm³/mol. The quantitative estimate of drug-likeness (QED) is 0.714. The minimum absolute atomic E-state index is 0.673. The lowest BCUT2D eigenvalue weighted by Gasteiger charge is -2.24. The number of aliphatic hydroxyl groups excluding tert-OH is 1. The average Bonchev–Trinajstić information content (AvgIpc) is 2.68. The van der Waals surface area contributed by atoms with Crippen LogP contribution in [0.25, 0.3) is 0 Å². The van der Waals surface area contributed by atoms with Crippen LogP contribution in [0, 0.1) is 18.8 Å². The van der Waals surface area contributed by atoms with Crippen molar-refractivity contribution in [2.45, 2.75) is 18.6 Å². The Morgan fingerprint density at radius 3 is 1.88 bits per heavy atom. The third kappa shape index (κ3) is 3.80. The molecule has 3 aromatic rings. The first-order valence-electron chi connectivity index (χ1n) is 8.20. The van der Waals surface area contributed by atoms with Crippen LogP contribution in [-0.4, -0.2) is 10.2 Å². The van der Waals surface area contributed by atoms with Crippen LogP contribution < -0.4 is 0 Å². The first-order chi connectivity index (χ1) is 12.1. The summed E-state index contributed by atoms with van der Waals surface area (Å²) in [7, 11) is 0. The van der Waals surface area contributed by atoms with Crippen LogP contribution >= 0.6 is 0 Å². The summed E-state index contributed by atoms with van der Waals surface area (Å²) < 4.78 is 0. The SMILES string of the molecule is Cc1ccc(C(O)(C#CC(O)c2ccccc2)c2ccccc2)cc1. The van der Waals surface area contributed by atoms with E-state index in [0.717, 1.165) is 5.56 Å². The fourth-order valence-electron chi connectivity index (χ4n) is 2.68. The molecule has 2 atom stereocenters. The van der Waals surface area contributed by atoms with Crippen LogP contribution in [0.5, 0.6) is 0 Å². The molecule has 2 nitrogen and oxygen atoms in total. The van der Waals surface area contributed by atoms with Crippen molar-refractivity contribution in [3.8, 4) is 11.8 Å². The van der Waals surface area contributed by atoms with E-state index in [4.69, 9.17) is 0 Å². The van der Waals surface area contributed by atoms with E-state index < -0.39 is 11.7 Å². The Balaban J connectivity index is 2.04. The highest BCUT2D eigenvalue weighted by Gasteiger charge is 2.29. The van der Waals surface area contributed by atoms with Gasteiger partial charge in [-0.1, -0.05) is 102 Å². The maximum absolute atomic E-state index is 11.4. The first kappa shape index (κ1) is 17.0. The molecule has 3 aromatic carbocycles. The molecule has 0 bridgehead atoms. The van der Waals surface area contributed by atoms with Gasteiger partial charge in [0.15, 0.2) is 5.60 Å². The Bertz CT molecular complexity index is 874. The van der Waals surface area contributed by atoms with Crippen molar-refractivity contribution in [3.05, 3.63) is 107 Å². The zero-order valence-corrected chi connectivity index (χ0v) is 14.1. The van der Waals surface area contributed by atoms with Gasteiger partial charge in [-0.2, -0.15) is 0 Å². The lowest BCUT2D eigenvalue weighted by molar-refractivity contribution is 0.144. The van der Waals surface area contributed by atoms with E-state index in [1.807, 2.05) is 91.9 Å². The fraction of sp³-hybridized carbons (Fsp3) is 0.130. The van der Waals surface area contributed by atoms with Gasteiger partial charge in [-0.3, -0.25) is 0 Å². The minimum atomic E-state index is -1.48. The summed E-state index contributed by atoms with van der Waals surface area (Å²) >= 11 is 0. The molecule has 0 aliphatic carbocycles. The van der Waals surface area contributed by atoms with E-state index in [1.54, 1.807) is 0 Å². The van der Waals surface area contributed by atoms with Crippen molar-refractivity contribution >= 4 is 0 Å². The summed E-state index contributed by atoms with van der Waals surface area (Å²) in [6.45, 7) is 2.00. The van der Waals surface area contributed by atoms with Crippen molar-refractivity contribution in [2.75, 3.05) is 0 Å². The molecule has 0 aliphatic rings. The number of rotatable bonds is 3. The van der Waals surface area contributed by atoms with E-state index in [0.29, 0.717) is 16.7 Å². The number of aryl methyl sites for hydroxylation is 1. The number of hydrogen-bond acceptors (Lipinski definition) is 2. The van der Waals surface area contributed by atoms with Crippen molar-refractivity contribution in [1.82, 2.24) is 0 Å². The Labute approximate surface area is 148 Å². The largest absolute Gasteiger partial charge is 0.376 e. The molecule has 2 unspecified atom stereocenters. The van der Waals surface area contributed by atoms with Crippen molar-refractivity contribution in [3.63, 3.8) is 0 Å². The molecule has 0 amide bonds. The zero-order valence-electron chi connectivity index (χ0n) is 14.1. The lowest BCUT2D eigenvalue weighted by Crippen LogP contribution is -2.25. The summed E-state index contributed by atoms with van der Waals surface area (Å²) in [5.41, 5.74) is 1.68. The Morgan fingerprint density at radius 1 is 0.760 bits per heavy atom. The van der Waals surface area contributed by atoms with Crippen molar-refractivity contribution in [1.29, 1.82) is 0 Å². The van der Waals surface area contributed by atoms with Gasteiger partial charge in [0.05, 0.1) is 0 Å². The summed E-state index contributed by atoms with van der Waals surface area (Å²) in [4.78, 5) is 0.